The molecule has 0 spiro atoms. The molecule has 29 heavy (non-hydrogen) atoms. The Bertz CT molecular complexity index is 987. The Labute approximate surface area is 171 Å². The molecule has 1 atom stereocenters. The number of carbonyl (C=O) groups excluding carboxylic acids is 1. The number of amides is 1. The molecule has 1 aliphatic heterocycles. The Morgan fingerprint density at radius 3 is 2.66 bits per heavy atom. The molecule has 152 valence electrons. The smallest absolute Gasteiger partial charge is 0.241 e. The molecule has 0 saturated carbocycles. The lowest BCUT2D eigenvalue weighted by atomic mass is 10.0. The summed E-state index contributed by atoms with van der Waals surface area (Å²) in [4.78, 5) is 15.3. The first-order chi connectivity index (χ1) is 14.0. The zero-order valence-corrected chi connectivity index (χ0v) is 17.3. The number of hydrogen-bond acceptors (Lipinski definition) is 4. The van der Waals surface area contributed by atoms with E-state index in [1.165, 1.54) is 0 Å². The fraction of sp³-hybridized carbons (Fsp3) is 0.409. The van der Waals surface area contributed by atoms with Gasteiger partial charge >= 0.3 is 0 Å². The van der Waals surface area contributed by atoms with Gasteiger partial charge in [-0.3, -0.25) is 14.4 Å². The summed E-state index contributed by atoms with van der Waals surface area (Å²) in [7, 11) is 1.92. The fourth-order valence-corrected chi connectivity index (χ4v) is 4.07. The molecule has 1 aromatic carbocycles. The standard InChI is InChI=1S/C22H28N6O/c1-16-12-17(2)28(25-16)20-9-7-19(8-10-20)24-22(29)21-6-4-5-11-27(21)15-18-13-23-26(3)14-18/h7-10,12-14,21H,4-6,11,15H2,1-3H3,(H,24,29). The topological polar surface area (TPSA) is 68.0 Å². The van der Waals surface area contributed by atoms with Crippen LogP contribution in [-0.2, 0) is 18.4 Å². The number of piperidine rings is 1. The second-order valence-corrected chi connectivity index (χ2v) is 7.88. The summed E-state index contributed by atoms with van der Waals surface area (Å²) in [5.74, 6) is 0.0625. The molecule has 0 radical (unpaired) electrons. The van der Waals surface area contributed by atoms with Crippen LogP contribution in [-0.4, -0.2) is 43.0 Å². The first kappa shape index (κ1) is 19.4. The number of aromatic nitrogens is 4. The first-order valence-corrected chi connectivity index (χ1v) is 10.2. The molecule has 2 aromatic heterocycles. The highest BCUT2D eigenvalue weighted by molar-refractivity contribution is 5.95. The highest BCUT2D eigenvalue weighted by Gasteiger charge is 2.29. The van der Waals surface area contributed by atoms with Gasteiger partial charge in [-0.25, -0.2) is 4.68 Å². The Kier molecular flexibility index (Phi) is 5.49. The van der Waals surface area contributed by atoms with Gasteiger partial charge in [-0.2, -0.15) is 10.2 Å². The second kappa shape index (κ2) is 8.21. The number of benzene rings is 1. The van der Waals surface area contributed by atoms with E-state index in [-0.39, 0.29) is 11.9 Å². The van der Waals surface area contributed by atoms with E-state index in [2.05, 4.69) is 26.5 Å². The van der Waals surface area contributed by atoms with Crippen LogP contribution in [0.5, 0.6) is 0 Å². The molecule has 1 N–H and O–H groups in total. The monoisotopic (exact) mass is 392 g/mol. The summed E-state index contributed by atoms with van der Waals surface area (Å²) in [6.45, 7) is 5.71. The molecule has 4 rings (SSSR count). The van der Waals surface area contributed by atoms with Gasteiger partial charge in [0.1, 0.15) is 0 Å². The molecule has 0 aliphatic carbocycles. The van der Waals surface area contributed by atoms with Crippen LogP contribution in [0.25, 0.3) is 5.69 Å². The van der Waals surface area contributed by atoms with E-state index in [0.717, 1.165) is 60.7 Å². The van der Waals surface area contributed by atoms with Crippen molar-refractivity contribution in [3.63, 3.8) is 0 Å². The maximum atomic E-state index is 13.0. The lowest BCUT2D eigenvalue weighted by Gasteiger charge is -2.34. The zero-order chi connectivity index (χ0) is 20.4. The number of hydrogen-bond donors (Lipinski definition) is 1. The van der Waals surface area contributed by atoms with Crippen molar-refractivity contribution in [2.45, 2.75) is 45.7 Å². The van der Waals surface area contributed by atoms with Crippen molar-refractivity contribution in [3.8, 4) is 5.69 Å². The predicted molar refractivity (Wildman–Crippen MR) is 113 cm³/mol. The number of anilines is 1. The fourth-order valence-electron chi connectivity index (χ4n) is 4.07. The molecular formula is C22H28N6O. The van der Waals surface area contributed by atoms with Gasteiger partial charge in [-0.15, -0.1) is 0 Å². The number of nitrogens with one attached hydrogen (secondary N) is 1. The molecule has 7 heteroatoms. The molecule has 1 aliphatic rings. The third-order valence-corrected chi connectivity index (χ3v) is 5.45. The molecule has 1 unspecified atom stereocenters. The van der Waals surface area contributed by atoms with E-state index in [4.69, 9.17) is 0 Å². The number of nitrogens with zero attached hydrogens (tertiary/aromatic N) is 5. The van der Waals surface area contributed by atoms with Gasteiger partial charge in [0, 0.05) is 36.7 Å². The minimum atomic E-state index is -0.111. The zero-order valence-electron chi connectivity index (χ0n) is 17.3. The van der Waals surface area contributed by atoms with Crippen molar-refractivity contribution in [3.05, 3.63) is 59.7 Å². The van der Waals surface area contributed by atoms with Gasteiger partial charge in [-0.1, -0.05) is 6.42 Å². The van der Waals surface area contributed by atoms with Crippen LogP contribution in [0.4, 0.5) is 5.69 Å². The van der Waals surface area contributed by atoms with Crippen molar-refractivity contribution in [2.75, 3.05) is 11.9 Å². The normalized spacial score (nSPS) is 17.4. The summed E-state index contributed by atoms with van der Waals surface area (Å²) in [6, 6.07) is 9.80. The SMILES string of the molecule is Cc1cc(C)n(-c2ccc(NC(=O)C3CCCCN3Cc3cnn(C)c3)cc2)n1. The number of carbonyl (C=O) groups is 1. The van der Waals surface area contributed by atoms with E-state index >= 15 is 0 Å². The minimum absolute atomic E-state index is 0.0625. The van der Waals surface area contributed by atoms with Gasteiger partial charge in [-0.05, 0) is 63.6 Å². The van der Waals surface area contributed by atoms with Crippen LogP contribution in [0, 0.1) is 13.8 Å². The number of rotatable bonds is 5. The van der Waals surface area contributed by atoms with Gasteiger partial charge < -0.3 is 5.32 Å². The van der Waals surface area contributed by atoms with E-state index < -0.39 is 0 Å². The van der Waals surface area contributed by atoms with E-state index in [0.29, 0.717) is 0 Å². The van der Waals surface area contributed by atoms with Crippen molar-refractivity contribution in [2.24, 2.45) is 7.05 Å². The third-order valence-electron chi connectivity index (χ3n) is 5.45. The lowest BCUT2D eigenvalue weighted by molar-refractivity contribution is -0.122. The number of aryl methyl sites for hydroxylation is 3. The second-order valence-electron chi connectivity index (χ2n) is 7.88. The van der Waals surface area contributed by atoms with Crippen molar-refractivity contribution >= 4 is 11.6 Å². The molecule has 7 nitrogen and oxygen atoms in total. The van der Waals surface area contributed by atoms with Gasteiger partial charge in [0.05, 0.1) is 23.6 Å². The maximum absolute atomic E-state index is 13.0. The molecule has 1 amide bonds. The van der Waals surface area contributed by atoms with E-state index in [1.807, 2.05) is 62.2 Å². The molecule has 3 aromatic rings. The Morgan fingerprint density at radius 1 is 1.21 bits per heavy atom. The van der Waals surface area contributed by atoms with Crippen molar-refractivity contribution in [1.29, 1.82) is 0 Å². The average Bonchev–Trinajstić information content (AvgIpc) is 3.27. The quantitative estimate of drug-likeness (QED) is 0.724. The molecule has 3 heterocycles. The van der Waals surface area contributed by atoms with E-state index in [1.54, 1.807) is 4.68 Å². The maximum Gasteiger partial charge on any atom is 0.241 e. The summed E-state index contributed by atoms with van der Waals surface area (Å²) in [5, 5.41) is 11.9. The highest BCUT2D eigenvalue weighted by atomic mass is 16.2. The van der Waals surface area contributed by atoms with Gasteiger partial charge in [0.2, 0.25) is 5.91 Å². The van der Waals surface area contributed by atoms with Crippen LogP contribution in [0.15, 0.2) is 42.7 Å². The first-order valence-electron chi connectivity index (χ1n) is 10.2. The molecule has 1 saturated heterocycles. The predicted octanol–water partition coefficient (Wildman–Crippen LogP) is 3.22. The highest BCUT2D eigenvalue weighted by Crippen LogP contribution is 2.22. The molecule has 1 fully saturated rings. The average molecular weight is 393 g/mol. The Morgan fingerprint density at radius 2 is 2.00 bits per heavy atom. The molecular weight excluding hydrogens is 364 g/mol. The number of likely N-dealkylation sites (tertiary alicyclic amines) is 1. The summed E-state index contributed by atoms with van der Waals surface area (Å²) >= 11 is 0. The lowest BCUT2D eigenvalue weighted by Crippen LogP contribution is -2.46. The Hall–Kier alpha value is -2.93. The van der Waals surface area contributed by atoms with Crippen LogP contribution in [0.1, 0.15) is 36.2 Å². The third kappa shape index (κ3) is 4.40. The van der Waals surface area contributed by atoms with Gasteiger partial charge in [0.25, 0.3) is 0 Å². The van der Waals surface area contributed by atoms with Gasteiger partial charge in [0.15, 0.2) is 0 Å². The van der Waals surface area contributed by atoms with Crippen LogP contribution >= 0.6 is 0 Å². The summed E-state index contributed by atoms with van der Waals surface area (Å²) < 4.78 is 3.72. The van der Waals surface area contributed by atoms with E-state index in [9.17, 15) is 4.79 Å². The van der Waals surface area contributed by atoms with Crippen LogP contribution < -0.4 is 5.32 Å². The van der Waals surface area contributed by atoms with Crippen LogP contribution in [0.3, 0.4) is 0 Å². The van der Waals surface area contributed by atoms with Crippen molar-refractivity contribution < 1.29 is 4.79 Å². The summed E-state index contributed by atoms with van der Waals surface area (Å²) in [5.41, 5.74) is 5.02. The minimum Gasteiger partial charge on any atom is -0.325 e. The van der Waals surface area contributed by atoms with Crippen molar-refractivity contribution in [1.82, 2.24) is 24.5 Å². The largest absolute Gasteiger partial charge is 0.325 e. The summed E-state index contributed by atoms with van der Waals surface area (Å²) in [6.07, 6.45) is 6.98. The van der Waals surface area contributed by atoms with Crippen LogP contribution in [0.2, 0.25) is 0 Å². The molecule has 0 bridgehead atoms. The Balaban J connectivity index is 1.43.